The van der Waals surface area contributed by atoms with E-state index in [9.17, 15) is 9.59 Å². The Balaban J connectivity index is 1.94. The zero-order chi connectivity index (χ0) is 14.2. The van der Waals surface area contributed by atoms with E-state index in [2.05, 4.69) is 24.3 Å². The Kier molecular flexibility index (Phi) is 3.97. The molecule has 0 aromatic rings. The topological polar surface area (TPSA) is 52.7 Å². The summed E-state index contributed by atoms with van der Waals surface area (Å²) in [6.45, 7) is 4.55. The van der Waals surface area contributed by atoms with Crippen LogP contribution in [0.3, 0.4) is 0 Å². The average Bonchev–Trinajstić information content (AvgIpc) is 2.51. The summed E-state index contributed by atoms with van der Waals surface area (Å²) in [4.78, 5) is 27.6. The number of carbonyl (C=O) groups excluding carboxylic acids is 2. The van der Waals surface area contributed by atoms with Crippen molar-refractivity contribution in [3.05, 3.63) is 0 Å². The lowest BCUT2D eigenvalue weighted by molar-refractivity contribution is -0.140. The summed E-state index contributed by atoms with van der Waals surface area (Å²) in [7, 11) is 4.17. The summed E-state index contributed by atoms with van der Waals surface area (Å²) < 4.78 is 0. The van der Waals surface area contributed by atoms with Gasteiger partial charge in [-0.05, 0) is 47.2 Å². The second-order valence-corrected chi connectivity index (χ2v) is 6.31. The standard InChI is InChI=1S/C14H25N3O2/c1-10(2)17-12(18)8-11(13(17)19)15-9-14(16(3)4)6-5-7-14/h10-11,15H,5-9H2,1-4H3. The van der Waals surface area contributed by atoms with Gasteiger partial charge in [-0.15, -0.1) is 0 Å². The van der Waals surface area contributed by atoms with Crippen LogP contribution in [0.15, 0.2) is 0 Å². The van der Waals surface area contributed by atoms with Gasteiger partial charge in [0.05, 0.1) is 12.5 Å². The molecule has 108 valence electrons. The molecule has 0 spiro atoms. The molecule has 1 atom stereocenters. The zero-order valence-electron chi connectivity index (χ0n) is 12.4. The molecular weight excluding hydrogens is 242 g/mol. The van der Waals surface area contributed by atoms with Crippen LogP contribution in [-0.2, 0) is 9.59 Å². The molecule has 1 heterocycles. The van der Waals surface area contributed by atoms with E-state index in [0.29, 0.717) is 6.42 Å². The summed E-state index contributed by atoms with van der Waals surface area (Å²) in [5, 5.41) is 3.32. The lowest BCUT2D eigenvalue weighted by Gasteiger charge is -2.48. The maximum Gasteiger partial charge on any atom is 0.247 e. The number of rotatable bonds is 5. The summed E-state index contributed by atoms with van der Waals surface area (Å²) in [6.07, 6.45) is 3.88. The normalized spacial score (nSPS) is 26.4. The largest absolute Gasteiger partial charge is 0.304 e. The molecule has 1 N–H and O–H groups in total. The molecule has 1 aliphatic carbocycles. The fourth-order valence-electron chi connectivity index (χ4n) is 3.03. The third kappa shape index (κ3) is 2.54. The molecule has 1 aliphatic heterocycles. The first-order chi connectivity index (χ1) is 8.87. The van der Waals surface area contributed by atoms with Gasteiger partial charge >= 0.3 is 0 Å². The highest BCUT2D eigenvalue weighted by molar-refractivity contribution is 6.05. The molecule has 0 radical (unpaired) electrons. The lowest BCUT2D eigenvalue weighted by Crippen LogP contribution is -2.58. The first-order valence-electron chi connectivity index (χ1n) is 7.14. The number of imide groups is 1. The second kappa shape index (κ2) is 5.21. The molecule has 5 nitrogen and oxygen atoms in total. The quantitative estimate of drug-likeness (QED) is 0.741. The van der Waals surface area contributed by atoms with Crippen LogP contribution in [0.1, 0.15) is 39.5 Å². The van der Waals surface area contributed by atoms with Crippen LogP contribution in [0.5, 0.6) is 0 Å². The van der Waals surface area contributed by atoms with Gasteiger partial charge in [0, 0.05) is 18.1 Å². The van der Waals surface area contributed by atoms with E-state index in [-0.39, 0.29) is 29.4 Å². The van der Waals surface area contributed by atoms with Crippen molar-refractivity contribution in [3.8, 4) is 0 Å². The van der Waals surface area contributed by atoms with Gasteiger partial charge in [0.25, 0.3) is 0 Å². The number of hydrogen-bond donors (Lipinski definition) is 1. The molecule has 0 aromatic heterocycles. The van der Waals surface area contributed by atoms with Crippen molar-refractivity contribution in [2.45, 2.75) is 57.2 Å². The molecule has 0 aromatic carbocycles. The van der Waals surface area contributed by atoms with Crippen LogP contribution in [0.25, 0.3) is 0 Å². The van der Waals surface area contributed by atoms with Crippen molar-refractivity contribution in [1.82, 2.24) is 15.1 Å². The Bertz CT molecular complexity index is 375. The summed E-state index contributed by atoms with van der Waals surface area (Å²) >= 11 is 0. The third-order valence-corrected chi connectivity index (χ3v) is 4.61. The minimum atomic E-state index is -0.327. The van der Waals surface area contributed by atoms with E-state index < -0.39 is 0 Å². The minimum Gasteiger partial charge on any atom is -0.304 e. The molecule has 2 aliphatic rings. The van der Waals surface area contributed by atoms with Crippen molar-refractivity contribution >= 4 is 11.8 Å². The number of carbonyl (C=O) groups is 2. The molecule has 5 heteroatoms. The molecule has 2 rings (SSSR count). The Morgan fingerprint density at radius 1 is 1.37 bits per heavy atom. The van der Waals surface area contributed by atoms with Crippen LogP contribution >= 0.6 is 0 Å². The number of likely N-dealkylation sites (tertiary alicyclic amines) is 1. The summed E-state index contributed by atoms with van der Waals surface area (Å²) in [6, 6.07) is -0.370. The van der Waals surface area contributed by atoms with E-state index in [4.69, 9.17) is 0 Å². The molecule has 2 amide bonds. The van der Waals surface area contributed by atoms with E-state index in [1.165, 1.54) is 11.3 Å². The van der Waals surface area contributed by atoms with Crippen LogP contribution < -0.4 is 5.32 Å². The van der Waals surface area contributed by atoms with Crippen LogP contribution in [-0.4, -0.2) is 59.9 Å². The van der Waals surface area contributed by atoms with Crippen LogP contribution in [0.2, 0.25) is 0 Å². The van der Waals surface area contributed by atoms with Crippen molar-refractivity contribution in [2.24, 2.45) is 0 Å². The van der Waals surface area contributed by atoms with Crippen molar-refractivity contribution < 1.29 is 9.59 Å². The fourth-order valence-corrected chi connectivity index (χ4v) is 3.03. The number of likely N-dealkylation sites (N-methyl/N-ethyl adjacent to an activating group) is 1. The smallest absolute Gasteiger partial charge is 0.247 e. The Morgan fingerprint density at radius 2 is 2.00 bits per heavy atom. The van der Waals surface area contributed by atoms with Crippen molar-refractivity contribution in [2.75, 3.05) is 20.6 Å². The molecule has 0 bridgehead atoms. The van der Waals surface area contributed by atoms with Gasteiger partial charge in [-0.1, -0.05) is 0 Å². The molecule has 1 unspecified atom stereocenters. The SMILES string of the molecule is CC(C)N1C(=O)CC(NCC2(N(C)C)CCC2)C1=O. The highest BCUT2D eigenvalue weighted by Crippen LogP contribution is 2.35. The molecular formula is C14H25N3O2. The van der Waals surface area contributed by atoms with Crippen LogP contribution in [0.4, 0.5) is 0 Å². The Morgan fingerprint density at radius 3 is 2.37 bits per heavy atom. The maximum atomic E-state index is 12.2. The number of amides is 2. The maximum absolute atomic E-state index is 12.2. The average molecular weight is 267 g/mol. The van der Waals surface area contributed by atoms with E-state index in [1.807, 2.05) is 13.8 Å². The molecule has 19 heavy (non-hydrogen) atoms. The molecule has 2 fully saturated rings. The summed E-state index contributed by atoms with van der Waals surface area (Å²) in [5.41, 5.74) is 0.175. The van der Waals surface area contributed by atoms with Crippen molar-refractivity contribution in [1.29, 1.82) is 0 Å². The zero-order valence-corrected chi connectivity index (χ0v) is 12.4. The lowest BCUT2D eigenvalue weighted by atomic mass is 9.75. The Labute approximate surface area is 115 Å². The van der Waals surface area contributed by atoms with Gasteiger partial charge in [-0.3, -0.25) is 14.5 Å². The van der Waals surface area contributed by atoms with E-state index in [1.54, 1.807) is 0 Å². The van der Waals surface area contributed by atoms with Crippen molar-refractivity contribution in [3.63, 3.8) is 0 Å². The van der Waals surface area contributed by atoms with Gasteiger partial charge in [0.1, 0.15) is 0 Å². The fraction of sp³-hybridized carbons (Fsp3) is 0.857. The van der Waals surface area contributed by atoms with E-state index in [0.717, 1.165) is 19.4 Å². The third-order valence-electron chi connectivity index (χ3n) is 4.61. The van der Waals surface area contributed by atoms with Gasteiger partial charge in [-0.25, -0.2) is 0 Å². The number of hydrogen-bond acceptors (Lipinski definition) is 4. The summed E-state index contributed by atoms with van der Waals surface area (Å²) in [5.74, 6) is -0.113. The van der Waals surface area contributed by atoms with E-state index >= 15 is 0 Å². The van der Waals surface area contributed by atoms with Gasteiger partial charge in [0.2, 0.25) is 11.8 Å². The van der Waals surface area contributed by atoms with Gasteiger partial charge in [0.15, 0.2) is 0 Å². The monoisotopic (exact) mass is 267 g/mol. The predicted octanol–water partition coefficient (Wildman–Crippen LogP) is 0.596. The first kappa shape index (κ1) is 14.5. The minimum absolute atomic E-state index is 0.0432. The first-order valence-corrected chi connectivity index (χ1v) is 7.14. The highest BCUT2D eigenvalue weighted by atomic mass is 16.2. The highest BCUT2D eigenvalue weighted by Gasteiger charge is 2.43. The van der Waals surface area contributed by atoms with Gasteiger partial charge in [-0.2, -0.15) is 0 Å². The van der Waals surface area contributed by atoms with Crippen LogP contribution in [0, 0.1) is 0 Å². The number of nitrogens with one attached hydrogen (secondary N) is 1. The molecule has 1 saturated carbocycles. The molecule has 1 saturated heterocycles. The number of nitrogens with zero attached hydrogens (tertiary/aromatic N) is 2. The Hall–Kier alpha value is -0.940. The predicted molar refractivity (Wildman–Crippen MR) is 73.7 cm³/mol. The second-order valence-electron chi connectivity index (χ2n) is 6.31. The van der Waals surface area contributed by atoms with Gasteiger partial charge < -0.3 is 10.2 Å².